The number of nitrogens with one attached hydrogen (secondary N) is 7. The van der Waals surface area contributed by atoms with Crippen LogP contribution in [0.25, 0.3) is 0 Å². The summed E-state index contributed by atoms with van der Waals surface area (Å²) in [6, 6.07) is 6.58. The van der Waals surface area contributed by atoms with Gasteiger partial charge in [-0.15, -0.1) is 0 Å². The highest BCUT2D eigenvalue weighted by Crippen LogP contribution is 2.59. The first-order chi connectivity index (χ1) is 36.9. The van der Waals surface area contributed by atoms with Gasteiger partial charge in [0.1, 0.15) is 35.5 Å². The lowest BCUT2D eigenvalue weighted by Gasteiger charge is -2.42. The normalized spacial score (nSPS) is 26.9. The zero-order valence-corrected chi connectivity index (χ0v) is 49.9. The molecule has 5 rings (SSSR count). The Labute approximate surface area is 470 Å². The Balaban J connectivity index is 1.12. The molecule has 2 aliphatic carbocycles. The Hall–Kier alpha value is -5.11. The van der Waals surface area contributed by atoms with Gasteiger partial charge in [0.15, 0.2) is 0 Å². The van der Waals surface area contributed by atoms with Crippen LogP contribution in [0.1, 0.15) is 160 Å². The first-order valence-electron chi connectivity index (χ1n) is 28.8. The number of aliphatic hydroxyl groups is 1. The summed E-state index contributed by atoms with van der Waals surface area (Å²) >= 11 is 0. The van der Waals surface area contributed by atoms with Gasteiger partial charge in [-0.05, 0) is 114 Å². The van der Waals surface area contributed by atoms with Crippen LogP contribution in [-0.2, 0) is 54.1 Å². The van der Waals surface area contributed by atoms with Crippen LogP contribution in [0.15, 0.2) is 42.0 Å². The average Bonchev–Trinajstić information content (AvgIpc) is 4.26. The molecule has 0 bridgehead atoms. The highest BCUT2D eigenvalue weighted by molar-refractivity contribution is 5.94. The van der Waals surface area contributed by atoms with Crippen LogP contribution in [0, 0.1) is 34.0 Å². The number of allylic oxidation sites excluding steroid dienone is 1. The highest BCUT2D eigenvalue weighted by Gasteiger charge is 2.72. The van der Waals surface area contributed by atoms with E-state index in [2.05, 4.69) is 64.1 Å². The van der Waals surface area contributed by atoms with E-state index in [-0.39, 0.29) is 79.3 Å². The third-order valence-corrected chi connectivity index (χ3v) is 16.1. The van der Waals surface area contributed by atoms with Crippen molar-refractivity contribution >= 4 is 41.5 Å². The molecule has 2 heterocycles. The molecule has 8 N–H and O–H groups in total. The quantitative estimate of drug-likeness (QED) is 0.0410. The number of methoxy groups -OCH3 is 1. The fraction of sp³-hybridized carbons (Fsp3) is 0.750. The van der Waals surface area contributed by atoms with E-state index < -0.39 is 94.9 Å². The summed E-state index contributed by atoms with van der Waals surface area (Å²) in [5, 5.41) is 29.9. The molecule has 2 aliphatic heterocycles. The standard InChI is InChI=1S/C60H97N7O12/c1-36(2)20-25-46-59(13,79-46)50-49(76-14)45(26-27-60(50)35-77-60)78-55(75)65-41-23-21-40(22-24-41)64-47(69)32-62-52(72)43(28-37(3)4)67-53(73)44(29-39-18-16-15-17-19-39)66-48(70)33-61-51(71)42(57(9,10)11)30-58(12,34-56(6,7)8)54(74)63-31-38(5)68/h15-20,37-38,40-46,49-50,68H,21-35H2,1-14H3,(H,61,71)(H,62,72)(H,63,74)(H,64,69)(H,65,75)(H,66,70)(H,67,73)/t38?,40-,41-,42?,43-,44-,45?,46+,49?,50?,58?,59?,60-/m0/s1. The zero-order valence-electron chi connectivity index (χ0n) is 49.9. The molecule has 1 spiro atoms. The molecule has 444 valence electrons. The van der Waals surface area contributed by atoms with E-state index in [1.807, 2.05) is 92.6 Å². The van der Waals surface area contributed by atoms with Crippen LogP contribution < -0.4 is 37.2 Å². The van der Waals surface area contributed by atoms with Crippen molar-refractivity contribution in [1.82, 2.24) is 37.2 Å². The molecule has 7 unspecified atom stereocenters. The number of carbonyl (C=O) groups is 7. The van der Waals surface area contributed by atoms with Crippen molar-refractivity contribution in [2.45, 2.75) is 220 Å². The predicted octanol–water partition coefficient (Wildman–Crippen LogP) is 5.70. The summed E-state index contributed by atoms with van der Waals surface area (Å²) in [6.07, 6.45) is 5.64. The van der Waals surface area contributed by atoms with E-state index in [4.69, 9.17) is 18.9 Å². The maximum atomic E-state index is 14.2. The molecule has 4 aliphatic rings. The zero-order chi connectivity index (χ0) is 58.7. The summed E-state index contributed by atoms with van der Waals surface area (Å²) in [4.78, 5) is 96.0. The fourth-order valence-electron chi connectivity index (χ4n) is 12.0. The number of ether oxygens (including phenoxy) is 4. The summed E-state index contributed by atoms with van der Waals surface area (Å²) in [5.41, 5.74) is -0.682. The van der Waals surface area contributed by atoms with E-state index in [1.54, 1.807) is 14.0 Å². The van der Waals surface area contributed by atoms with Crippen LogP contribution in [0.2, 0.25) is 0 Å². The monoisotopic (exact) mass is 1110 g/mol. The van der Waals surface area contributed by atoms with Gasteiger partial charge in [0.05, 0.1) is 37.8 Å². The van der Waals surface area contributed by atoms with E-state index in [0.717, 1.165) is 18.4 Å². The van der Waals surface area contributed by atoms with Crippen LogP contribution >= 0.6 is 0 Å². The minimum absolute atomic E-state index is 0.0368. The highest BCUT2D eigenvalue weighted by atomic mass is 16.6. The Kier molecular flexibility index (Phi) is 22.6. The maximum absolute atomic E-state index is 14.2. The number of amides is 7. The minimum Gasteiger partial charge on any atom is -0.443 e. The Morgan fingerprint density at radius 3 is 1.96 bits per heavy atom. The molecular formula is C60H97N7O12. The summed E-state index contributed by atoms with van der Waals surface area (Å²) in [7, 11) is 1.65. The molecule has 0 aromatic heterocycles. The second kappa shape index (κ2) is 27.6. The van der Waals surface area contributed by atoms with Crippen LogP contribution in [0.5, 0.6) is 0 Å². The van der Waals surface area contributed by atoms with Gasteiger partial charge in [0.25, 0.3) is 0 Å². The van der Waals surface area contributed by atoms with Crippen LogP contribution in [-0.4, -0.2) is 140 Å². The number of benzene rings is 1. The number of hydrogen-bond donors (Lipinski definition) is 8. The van der Waals surface area contributed by atoms with Crippen molar-refractivity contribution in [3.05, 3.63) is 47.5 Å². The van der Waals surface area contributed by atoms with Crippen LogP contribution in [0.4, 0.5) is 4.79 Å². The van der Waals surface area contributed by atoms with Crippen molar-refractivity contribution < 1.29 is 57.6 Å². The fourth-order valence-corrected chi connectivity index (χ4v) is 12.0. The second-order valence-corrected chi connectivity index (χ2v) is 26.5. The first-order valence-corrected chi connectivity index (χ1v) is 28.8. The molecule has 1 aromatic carbocycles. The molecule has 4 fully saturated rings. The Morgan fingerprint density at radius 2 is 1.41 bits per heavy atom. The largest absolute Gasteiger partial charge is 0.443 e. The number of carbonyl (C=O) groups excluding carboxylic acids is 7. The van der Waals surface area contributed by atoms with Gasteiger partial charge < -0.3 is 61.3 Å². The van der Waals surface area contributed by atoms with E-state index in [1.165, 1.54) is 5.57 Å². The topological polar surface area (TPSA) is 267 Å². The van der Waals surface area contributed by atoms with Gasteiger partial charge >= 0.3 is 6.09 Å². The average molecular weight is 1110 g/mol. The smallest absolute Gasteiger partial charge is 0.407 e. The van der Waals surface area contributed by atoms with Gasteiger partial charge in [-0.3, -0.25) is 28.8 Å². The van der Waals surface area contributed by atoms with Crippen LogP contribution in [0.3, 0.4) is 0 Å². The minimum atomic E-state index is -1.14. The van der Waals surface area contributed by atoms with Crippen molar-refractivity contribution in [2.24, 2.45) is 34.0 Å². The lowest BCUT2D eigenvalue weighted by Crippen LogP contribution is -2.56. The predicted molar refractivity (Wildman–Crippen MR) is 301 cm³/mol. The molecular weight excluding hydrogens is 1010 g/mol. The third-order valence-electron chi connectivity index (χ3n) is 16.1. The first kappa shape index (κ1) is 64.7. The lowest BCUT2D eigenvalue weighted by molar-refractivity contribution is -0.138. The molecule has 11 atom stereocenters. The Bertz CT molecular complexity index is 2280. The number of epoxide rings is 2. The number of hydrogen-bond acceptors (Lipinski definition) is 12. The molecule has 19 nitrogen and oxygen atoms in total. The van der Waals surface area contributed by atoms with Gasteiger partial charge in [-0.25, -0.2) is 4.79 Å². The summed E-state index contributed by atoms with van der Waals surface area (Å²) < 4.78 is 24.5. The van der Waals surface area contributed by atoms with Crippen molar-refractivity contribution in [3.63, 3.8) is 0 Å². The molecule has 7 amide bonds. The number of alkyl carbamates (subject to hydrolysis) is 1. The van der Waals surface area contributed by atoms with Crippen molar-refractivity contribution in [1.29, 1.82) is 0 Å². The number of rotatable bonds is 26. The Morgan fingerprint density at radius 1 is 0.797 bits per heavy atom. The second-order valence-electron chi connectivity index (χ2n) is 26.5. The maximum Gasteiger partial charge on any atom is 0.407 e. The molecule has 0 radical (unpaired) electrons. The third kappa shape index (κ3) is 19.3. The van der Waals surface area contributed by atoms with Crippen molar-refractivity contribution in [3.8, 4) is 0 Å². The SMILES string of the molecule is COC1C(OC(=O)N[C@H]2CC[C@H](NC(=O)CNC(=O)[C@H](CC(C)C)NC(=O)[C@H](Cc3ccccc3)NC(=O)CNC(=O)C(CC(C)(CC(C)(C)C)C(=O)NCC(C)O)C(C)(C)C)CC2)CC[C@]2(CO2)C1C1(C)O[C@@H]1CC=C(C)C. The molecule has 79 heavy (non-hydrogen) atoms. The molecule has 19 heteroatoms. The van der Waals surface area contributed by atoms with Gasteiger partial charge in [-0.2, -0.15) is 0 Å². The van der Waals surface area contributed by atoms with Gasteiger partial charge in [0, 0.05) is 43.5 Å². The number of aliphatic hydroxyl groups excluding tert-OH is 1. The van der Waals surface area contributed by atoms with Gasteiger partial charge in [-0.1, -0.05) is 104 Å². The summed E-state index contributed by atoms with van der Waals surface area (Å²) in [5.74, 6) is -3.73. The molecule has 1 aromatic rings. The summed E-state index contributed by atoms with van der Waals surface area (Å²) in [6.45, 7) is 25.2. The molecule has 2 saturated heterocycles. The van der Waals surface area contributed by atoms with Crippen molar-refractivity contribution in [2.75, 3.05) is 33.4 Å². The van der Waals surface area contributed by atoms with Gasteiger partial charge in [0.2, 0.25) is 35.4 Å². The lowest BCUT2D eigenvalue weighted by atomic mass is 9.65. The van der Waals surface area contributed by atoms with E-state index in [0.29, 0.717) is 45.1 Å². The van der Waals surface area contributed by atoms with E-state index >= 15 is 0 Å². The van der Waals surface area contributed by atoms with E-state index in [9.17, 15) is 38.7 Å². The molecule has 2 saturated carbocycles.